The van der Waals surface area contributed by atoms with Gasteiger partial charge in [-0.2, -0.15) is 4.31 Å². The number of ether oxygens (including phenoxy) is 1. The van der Waals surface area contributed by atoms with Crippen LogP contribution in [0.15, 0.2) is 33.8 Å². The fraction of sp³-hybridized carbons (Fsp3) is 0.500. The van der Waals surface area contributed by atoms with Crippen molar-refractivity contribution in [2.24, 2.45) is 0 Å². The molecule has 0 aliphatic carbocycles. The number of aromatic nitrogens is 2. The van der Waals surface area contributed by atoms with Crippen LogP contribution in [0.2, 0.25) is 0 Å². The standard InChI is InChI=1S/C16H21N3O4S/c1-12-16(13(2)23-18-12)24(20,21)19-9-5-7-15(10-19)22-11-14-6-3-4-8-17-14/h3-4,6,8,15H,5,7,9-11H2,1-2H3. The normalized spacial score (nSPS) is 19.5. The maximum Gasteiger partial charge on any atom is 0.248 e. The highest BCUT2D eigenvalue weighted by Crippen LogP contribution is 2.26. The molecule has 0 spiro atoms. The Bertz CT molecular complexity index is 769. The molecule has 1 fully saturated rings. The van der Waals surface area contributed by atoms with Crippen LogP contribution in [-0.4, -0.2) is 42.1 Å². The summed E-state index contributed by atoms with van der Waals surface area (Å²) in [6, 6.07) is 5.64. The van der Waals surface area contributed by atoms with Crippen LogP contribution in [0.1, 0.15) is 30.0 Å². The van der Waals surface area contributed by atoms with Gasteiger partial charge in [0.1, 0.15) is 10.6 Å². The van der Waals surface area contributed by atoms with Gasteiger partial charge in [-0.15, -0.1) is 0 Å². The van der Waals surface area contributed by atoms with Gasteiger partial charge in [0.15, 0.2) is 5.76 Å². The molecule has 3 rings (SSSR count). The summed E-state index contributed by atoms with van der Waals surface area (Å²) in [5.74, 6) is 0.323. The summed E-state index contributed by atoms with van der Waals surface area (Å²) < 4.78 is 38.1. The smallest absolute Gasteiger partial charge is 0.248 e. The van der Waals surface area contributed by atoms with Crippen LogP contribution in [0.3, 0.4) is 0 Å². The van der Waals surface area contributed by atoms with Gasteiger partial charge in [-0.25, -0.2) is 8.42 Å². The maximum atomic E-state index is 12.9. The fourth-order valence-electron chi connectivity index (χ4n) is 2.92. The zero-order chi connectivity index (χ0) is 17.2. The highest BCUT2D eigenvalue weighted by Gasteiger charge is 2.34. The van der Waals surface area contributed by atoms with Gasteiger partial charge in [-0.05, 0) is 38.8 Å². The number of rotatable bonds is 5. The van der Waals surface area contributed by atoms with Crippen molar-refractivity contribution in [3.8, 4) is 0 Å². The lowest BCUT2D eigenvalue weighted by atomic mass is 10.1. The van der Waals surface area contributed by atoms with Gasteiger partial charge in [0.05, 0.1) is 18.4 Å². The van der Waals surface area contributed by atoms with Gasteiger partial charge < -0.3 is 9.26 Å². The summed E-state index contributed by atoms with van der Waals surface area (Å²) in [5, 5.41) is 3.75. The third-order valence-corrected chi connectivity index (χ3v) is 6.21. The summed E-state index contributed by atoms with van der Waals surface area (Å²) in [4.78, 5) is 4.39. The highest BCUT2D eigenvalue weighted by atomic mass is 32.2. The zero-order valence-corrected chi connectivity index (χ0v) is 14.6. The Morgan fingerprint density at radius 1 is 1.38 bits per heavy atom. The molecule has 2 aromatic rings. The molecule has 3 heterocycles. The number of nitrogens with zero attached hydrogens (tertiary/aromatic N) is 3. The molecule has 0 radical (unpaired) electrons. The van der Waals surface area contributed by atoms with Crippen LogP contribution in [0.5, 0.6) is 0 Å². The molecule has 1 unspecified atom stereocenters. The second-order valence-electron chi connectivity index (χ2n) is 5.91. The van der Waals surface area contributed by atoms with E-state index < -0.39 is 10.0 Å². The molecule has 0 amide bonds. The molecule has 130 valence electrons. The molecular weight excluding hydrogens is 330 g/mol. The largest absolute Gasteiger partial charge is 0.371 e. The first-order valence-electron chi connectivity index (χ1n) is 7.93. The number of sulfonamides is 1. The Labute approximate surface area is 141 Å². The zero-order valence-electron chi connectivity index (χ0n) is 13.8. The second-order valence-corrected chi connectivity index (χ2v) is 7.79. The quantitative estimate of drug-likeness (QED) is 0.820. The Morgan fingerprint density at radius 3 is 2.88 bits per heavy atom. The lowest BCUT2D eigenvalue weighted by Crippen LogP contribution is -2.43. The highest BCUT2D eigenvalue weighted by molar-refractivity contribution is 7.89. The van der Waals surface area contributed by atoms with E-state index in [9.17, 15) is 8.42 Å². The lowest BCUT2D eigenvalue weighted by Gasteiger charge is -2.31. The van der Waals surface area contributed by atoms with Crippen LogP contribution in [-0.2, 0) is 21.4 Å². The Hall–Kier alpha value is -1.77. The van der Waals surface area contributed by atoms with Gasteiger partial charge in [-0.3, -0.25) is 4.98 Å². The summed E-state index contributed by atoms with van der Waals surface area (Å²) in [7, 11) is -3.61. The van der Waals surface area contributed by atoms with Crippen LogP contribution in [0, 0.1) is 13.8 Å². The first kappa shape index (κ1) is 17.1. The van der Waals surface area contributed by atoms with Crippen molar-refractivity contribution >= 4 is 10.0 Å². The molecule has 0 aromatic carbocycles. The monoisotopic (exact) mass is 351 g/mol. The summed E-state index contributed by atoms with van der Waals surface area (Å²) in [5.41, 5.74) is 1.23. The predicted octanol–water partition coefficient (Wildman–Crippen LogP) is 2.06. The number of hydrogen-bond donors (Lipinski definition) is 0. The van der Waals surface area contributed by atoms with Crippen molar-refractivity contribution in [2.75, 3.05) is 13.1 Å². The van der Waals surface area contributed by atoms with Gasteiger partial charge in [0.2, 0.25) is 10.0 Å². The lowest BCUT2D eigenvalue weighted by molar-refractivity contribution is 0.00664. The Kier molecular flexibility index (Phi) is 4.98. The van der Waals surface area contributed by atoms with E-state index in [2.05, 4.69) is 10.1 Å². The minimum Gasteiger partial charge on any atom is -0.371 e. The average Bonchev–Trinajstić information content (AvgIpc) is 2.93. The third kappa shape index (κ3) is 3.50. The summed E-state index contributed by atoms with van der Waals surface area (Å²) in [6.45, 7) is 4.45. The number of piperidine rings is 1. The van der Waals surface area contributed by atoms with E-state index in [0.29, 0.717) is 31.2 Å². The molecule has 0 N–H and O–H groups in total. The average molecular weight is 351 g/mol. The van der Waals surface area contributed by atoms with Gasteiger partial charge in [-0.1, -0.05) is 11.2 Å². The molecule has 1 saturated heterocycles. The van der Waals surface area contributed by atoms with Crippen molar-refractivity contribution < 1.29 is 17.7 Å². The van der Waals surface area contributed by atoms with Crippen LogP contribution in [0.4, 0.5) is 0 Å². The number of hydrogen-bond acceptors (Lipinski definition) is 6. The molecule has 0 bridgehead atoms. The molecular formula is C16H21N3O4S. The van der Waals surface area contributed by atoms with Gasteiger partial charge in [0.25, 0.3) is 0 Å². The molecule has 2 aromatic heterocycles. The Morgan fingerprint density at radius 2 is 2.21 bits per heavy atom. The molecule has 24 heavy (non-hydrogen) atoms. The fourth-order valence-corrected chi connectivity index (χ4v) is 4.72. The molecule has 8 heteroatoms. The molecule has 1 aliphatic rings. The molecule has 7 nitrogen and oxygen atoms in total. The second kappa shape index (κ2) is 7.00. The number of pyridine rings is 1. The molecule has 1 atom stereocenters. The first-order chi connectivity index (χ1) is 11.5. The minimum absolute atomic E-state index is 0.143. The van der Waals surface area contributed by atoms with Crippen molar-refractivity contribution in [1.82, 2.24) is 14.4 Å². The molecule has 0 saturated carbocycles. The van der Waals surface area contributed by atoms with Crippen LogP contribution < -0.4 is 0 Å². The van der Waals surface area contributed by atoms with Crippen molar-refractivity contribution in [3.05, 3.63) is 41.5 Å². The van der Waals surface area contributed by atoms with Crippen LogP contribution in [0.25, 0.3) is 0 Å². The minimum atomic E-state index is -3.61. The summed E-state index contributed by atoms with van der Waals surface area (Å²) in [6.07, 6.45) is 3.17. The van der Waals surface area contributed by atoms with Crippen molar-refractivity contribution in [3.63, 3.8) is 0 Å². The third-order valence-electron chi connectivity index (χ3n) is 4.10. The van der Waals surface area contributed by atoms with E-state index >= 15 is 0 Å². The van der Waals surface area contributed by atoms with E-state index in [4.69, 9.17) is 9.26 Å². The van der Waals surface area contributed by atoms with Gasteiger partial charge >= 0.3 is 0 Å². The van der Waals surface area contributed by atoms with Crippen molar-refractivity contribution in [2.45, 2.75) is 44.3 Å². The van der Waals surface area contributed by atoms with Crippen LogP contribution >= 0.6 is 0 Å². The van der Waals surface area contributed by atoms with Gasteiger partial charge in [0, 0.05) is 19.3 Å². The Balaban J connectivity index is 1.69. The first-order valence-corrected chi connectivity index (χ1v) is 9.37. The van der Waals surface area contributed by atoms with E-state index in [-0.39, 0.29) is 11.0 Å². The summed E-state index contributed by atoms with van der Waals surface area (Å²) >= 11 is 0. The van der Waals surface area contributed by atoms with E-state index in [1.807, 2.05) is 18.2 Å². The van der Waals surface area contributed by atoms with Crippen molar-refractivity contribution in [1.29, 1.82) is 0 Å². The predicted molar refractivity (Wildman–Crippen MR) is 86.8 cm³/mol. The van der Waals surface area contributed by atoms with E-state index in [0.717, 1.165) is 18.5 Å². The van der Waals surface area contributed by atoms with E-state index in [1.165, 1.54) is 4.31 Å². The number of aryl methyl sites for hydroxylation is 2. The maximum absolute atomic E-state index is 12.9. The topological polar surface area (TPSA) is 85.5 Å². The SMILES string of the molecule is Cc1noc(C)c1S(=O)(=O)N1CCCC(OCc2ccccn2)C1. The van der Waals surface area contributed by atoms with E-state index in [1.54, 1.807) is 20.0 Å². The molecule has 1 aliphatic heterocycles.